The molecule has 1 aromatic carbocycles. The van der Waals surface area contributed by atoms with Crippen LogP contribution in [0.1, 0.15) is 37.7 Å². The van der Waals surface area contributed by atoms with E-state index in [2.05, 4.69) is 21.2 Å². The number of ether oxygens (including phenoxy) is 1. The highest BCUT2D eigenvalue weighted by Gasteiger charge is 2.23. The Balaban J connectivity index is 1.78. The molecule has 0 atom stereocenters. The van der Waals surface area contributed by atoms with Crippen LogP contribution in [-0.2, 0) is 14.3 Å². The lowest BCUT2D eigenvalue weighted by Crippen LogP contribution is -2.26. The van der Waals surface area contributed by atoms with Crippen LogP contribution in [0.15, 0.2) is 22.7 Å². The third kappa shape index (κ3) is 4.84. The SMILES string of the molecule is Cc1cc(NC(=O)COC(=O)C2CCCCC2)ccc1Br. The highest BCUT2D eigenvalue weighted by Crippen LogP contribution is 2.24. The third-order valence-electron chi connectivity index (χ3n) is 3.73. The van der Waals surface area contributed by atoms with E-state index < -0.39 is 0 Å². The fourth-order valence-corrected chi connectivity index (χ4v) is 2.76. The molecular weight excluding hydrogens is 334 g/mol. The summed E-state index contributed by atoms with van der Waals surface area (Å²) >= 11 is 3.41. The van der Waals surface area contributed by atoms with Gasteiger partial charge < -0.3 is 10.1 Å². The Hall–Kier alpha value is -1.36. The molecule has 0 bridgehead atoms. The number of aryl methyl sites for hydroxylation is 1. The van der Waals surface area contributed by atoms with Crippen molar-refractivity contribution in [3.63, 3.8) is 0 Å². The van der Waals surface area contributed by atoms with Crippen LogP contribution in [0.25, 0.3) is 0 Å². The fourth-order valence-electron chi connectivity index (χ4n) is 2.51. The lowest BCUT2D eigenvalue weighted by Gasteiger charge is -2.19. The summed E-state index contributed by atoms with van der Waals surface area (Å²) in [4.78, 5) is 23.6. The predicted octanol–water partition coefficient (Wildman–Crippen LogP) is 3.82. The first-order valence-corrected chi connectivity index (χ1v) is 8.08. The number of hydrogen-bond donors (Lipinski definition) is 1. The number of hydrogen-bond acceptors (Lipinski definition) is 3. The maximum Gasteiger partial charge on any atom is 0.309 e. The highest BCUT2D eigenvalue weighted by atomic mass is 79.9. The molecule has 0 aliphatic heterocycles. The van der Waals surface area contributed by atoms with E-state index in [9.17, 15) is 9.59 Å². The number of carbonyl (C=O) groups is 2. The summed E-state index contributed by atoms with van der Waals surface area (Å²) in [7, 11) is 0. The second-order valence-corrected chi connectivity index (χ2v) is 6.31. The molecule has 1 fully saturated rings. The number of rotatable bonds is 4. The molecular formula is C16H20BrNO3. The molecule has 0 spiro atoms. The van der Waals surface area contributed by atoms with Gasteiger partial charge in [0.1, 0.15) is 0 Å². The molecule has 4 nitrogen and oxygen atoms in total. The van der Waals surface area contributed by atoms with Crippen LogP contribution in [0.4, 0.5) is 5.69 Å². The lowest BCUT2D eigenvalue weighted by atomic mass is 9.89. The zero-order chi connectivity index (χ0) is 15.2. The standard InChI is InChI=1S/C16H20BrNO3/c1-11-9-13(7-8-14(11)17)18-15(19)10-21-16(20)12-5-3-2-4-6-12/h7-9,12H,2-6,10H2,1H3,(H,18,19). The molecule has 0 saturated heterocycles. The van der Waals surface area contributed by atoms with Gasteiger partial charge in [0.15, 0.2) is 6.61 Å². The second kappa shape index (κ2) is 7.59. The Labute approximate surface area is 133 Å². The third-order valence-corrected chi connectivity index (χ3v) is 4.62. The molecule has 5 heteroatoms. The molecule has 1 N–H and O–H groups in total. The average Bonchev–Trinajstić information content (AvgIpc) is 2.49. The van der Waals surface area contributed by atoms with Crippen molar-refractivity contribution in [2.45, 2.75) is 39.0 Å². The minimum absolute atomic E-state index is 0.0264. The molecule has 2 rings (SSSR count). The maximum absolute atomic E-state index is 11.8. The average molecular weight is 354 g/mol. The van der Waals surface area contributed by atoms with Gasteiger partial charge in [0.25, 0.3) is 5.91 Å². The Bertz CT molecular complexity index is 524. The van der Waals surface area contributed by atoms with Gasteiger partial charge in [-0.3, -0.25) is 9.59 Å². The summed E-state index contributed by atoms with van der Waals surface area (Å²) in [5.74, 6) is -0.570. The van der Waals surface area contributed by atoms with E-state index in [0.29, 0.717) is 5.69 Å². The van der Waals surface area contributed by atoms with Crippen molar-refractivity contribution in [3.05, 3.63) is 28.2 Å². The molecule has 1 aromatic rings. The molecule has 1 aliphatic carbocycles. The van der Waals surface area contributed by atoms with Crippen LogP contribution in [0.2, 0.25) is 0 Å². The summed E-state index contributed by atoms with van der Waals surface area (Å²) in [6, 6.07) is 5.54. The van der Waals surface area contributed by atoms with Crippen molar-refractivity contribution in [1.82, 2.24) is 0 Å². The minimum atomic E-state index is -0.305. The van der Waals surface area contributed by atoms with Gasteiger partial charge in [0.05, 0.1) is 5.92 Å². The van der Waals surface area contributed by atoms with Crippen LogP contribution in [0, 0.1) is 12.8 Å². The lowest BCUT2D eigenvalue weighted by molar-refractivity contribution is -0.152. The van der Waals surface area contributed by atoms with E-state index in [0.717, 1.165) is 35.7 Å². The van der Waals surface area contributed by atoms with Gasteiger partial charge >= 0.3 is 5.97 Å². The molecule has 1 saturated carbocycles. The maximum atomic E-state index is 11.8. The van der Waals surface area contributed by atoms with Gasteiger partial charge in [0.2, 0.25) is 0 Å². The molecule has 0 heterocycles. The number of benzene rings is 1. The van der Waals surface area contributed by atoms with Crippen molar-refractivity contribution < 1.29 is 14.3 Å². The van der Waals surface area contributed by atoms with Crippen molar-refractivity contribution in [2.24, 2.45) is 5.92 Å². The van der Waals surface area contributed by atoms with Gasteiger partial charge in [-0.2, -0.15) is 0 Å². The molecule has 0 aromatic heterocycles. The zero-order valence-corrected chi connectivity index (χ0v) is 13.7. The molecule has 0 radical (unpaired) electrons. The van der Waals surface area contributed by atoms with Gasteiger partial charge in [-0.05, 0) is 43.5 Å². The first-order valence-electron chi connectivity index (χ1n) is 7.29. The Kier molecular flexibility index (Phi) is 5.79. The van der Waals surface area contributed by atoms with Crippen molar-refractivity contribution in [2.75, 3.05) is 11.9 Å². The largest absolute Gasteiger partial charge is 0.455 e. The van der Waals surface area contributed by atoms with E-state index >= 15 is 0 Å². The van der Waals surface area contributed by atoms with Crippen LogP contribution in [-0.4, -0.2) is 18.5 Å². The smallest absolute Gasteiger partial charge is 0.309 e. The van der Waals surface area contributed by atoms with Crippen molar-refractivity contribution in [3.8, 4) is 0 Å². The van der Waals surface area contributed by atoms with Gasteiger partial charge in [-0.15, -0.1) is 0 Å². The Morgan fingerprint density at radius 3 is 2.67 bits per heavy atom. The Morgan fingerprint density at radius 1 is 1.29 bits per heavy atom. The Morgan fingerprint density at radius 2 is 2.00 bits per heavy atom. The summed E-state index contributed by atoms with van der Waals surface area (Å²) in [6.45, 7) is 1.73. The monoisotopic (exact) mass is 353 g/mol. The molecule has 114 valence electrons. The number of anilines is 1. The van der Waals surface area contributed by atoms with Crippen LogP contribution < -0.4 is 5.32 Å². The van der Waals surface area contributed by atoms with Crippen molar-refractivity contribution in [1.29, 1.82) is 0 Å². The summed E-state index contributed by atoms with van der Waals surface area (Å²) < 4.78 is 6.10. The fraction of sp³-hybridized carbons (Fsp3) is 0.500. The van der Waals surface area contributed by atoms with Crippen LogP contribution >= 0.6 is 15.9 Å². The first-order chi connectivity index (χ1) is 10.1. The second-order valence-electron chi connectivity index (χ2n) is 5.45. The van der Waals surface area contributed by atoms with Crippen molar-refractivity contribution >= 4 is 33.5 Å². The van der Waals surface area contributed by atoms with Gasteiger partial charge in [0, 0.05) is 10.2 Å². The summed E-state index contributed by atoms with van der Waals surface area (Å²) in [5.41, 5.74) is 1.74. The minimum Gasteiger partial charge on any atom is -0.455 e. The number of esters is 1. The molecule has 1 aliphatic rings. The van der Waals surface area contributed by atoms with E-state index in [1.165, 1.54) is 6.42 Å². The number of carbonyl (C=O) groups excluding carboxylic acids is 2. The van der Waals surface area contributed by atoms with Gasteiger partial charge in [-0.25, -0.2) is 0 Å². The molecule has 0 unspecified atom stereocenters. The first kappa shape index (κ1) is 16.0. The highest BCUT2D eigenvalue weighted by molar-refractivity contribution is 9.10. The topological polar surface area (TPSA) is 55.4 Å². The summed E-state index contributed by atoms with van der Waals surface area (Å²) in [6.07, 6.45) is 5.10. The van der Waals surface area contributed by atoms with E-state index in [4.69, 9.17) is 4.74 Å². The van der Waals surface area contributed by atoms with Gasteiger partial charge in [-0.1, -0.05) is 35.2 Å². The number of nitrogens with one attached hydrogen (secondary N) is 1. The number of halogens is 1. The quantitative estimate of drug-likeness (QED) is 0.837. The molecule has 1 amide bonds. The van der Waals surface area contributed by atoms with E-state index in [-0.39, 0.29) is 24.4 Å². The molecule has 21 heavy (non-hydrogen) atoms. The number of amides is 1. The van der Waals surface area contributed by atoms with E-state index in [1.807, 2.05) is 19.1 Å². The van der Waals surface area contributed by atoms with E-state index in [1.54, 1.807) is 6.07 Å². The van der Waals surface area contributed by atoms with Crippen LogP contribution in [0.3, 0.4) is 0 Å². The summed E-state index contributed by atoms with van der Waals surface area (Å²) in [5, 5.41) is 2.73. The predicted molar refractivity (Wildman–Crippen MR) is 85.0 cm³/mol. The van der Waals surface area contributed by atoms with Crippen LogP contribution in [0.5, 0.6) is 0 Å². The zero-order valence-electron chi connectivity index (χ0n) is 12.2. The normalized spacial score (nSPS) is 15.5.